The standard InChI is InChI=1S/C36H54O8/c1-4-5-28-8-14-31(15-9-28)32-16-10-29(11-17-32)6-7-30-12-18-33(19-13-30)41-20-21-42-34(24-43-35(39)26(2)22-37)25-44-36(40)27(3)23-38/h12-13,18-19,28-29,31-32,34,37-38H,2-11,14-17,20-25H2,1H3. The molecule has 2 fully saturated rings. The average molecular weight is 615 g/mol. The Morgan fingerprint density at radius 2 is 1.27 bits per heavy atom. The molecule has 8 nitrogen and oxygen atoms in total. The fraction of sp³-hybridized carbons (Fsp3) is 0.667. The zero-order valence-electron chi connectivity index (χ0n) is 26.7. The molecule has 0 spiro atoms. The summed E-state index contributed by atoms with van der Waals surface area (Å²) in [5.74, 6) is 2.98. The number of aliphatic hydroxyl groups is 2. The molecule has 2 N–H and O–H groups in total. The number of carbonyl (C=O) groups is 2. The zero-order chi connectivity index (χ0) is 31.7. The van der Waals surface area contributed by atoms with E-state index in [-0.39, 0.29) is 37.6 Å². The van der Waals surface area contributed by atoms with E-state index in [0.29, 0.717) is 0 Å². The van der Waals surface area contributed by atoms with Crippen LogP contribution in [-0.2, 0) is 30.2 Å². The number of aliphatic hydroxyl groups excluding tert-OH is 2. The van der Waals surface area contributed by atoms with Crippen LogP contribution in [0.5, 0.6) is 5.75 Å². The summed E-state index contributed by atoms with van der Waals surface area (Å²) >= 11 is 0. The highest BCUT2D eigenvalue weighted by Gasteiger charge is 2.30. The van der Waals surface area contributed by atoms with Crippen molar-refractivity contribution in [2.24, 2.45) is 23.7 Å². The smallest absolute Gasteiger partial charge is 0.335 e. The fourth-order valence-corrected chi connectivity index (χ4v) is 6.62. The van der Waals surface area contributed by atoms with Crippen molar-refractivity contribution >= 4 is 11.9 Å². The molecule has 1 aromatic carbocycles. The molecule has 1 aromatic rings. The molecule has 0 unspecified atom stereocenters. The molecule has 0 heterocycles. The van der Waals surface area contributed by atoms with E-state index in [4.69, 9.17) is 29.2 Å². The van der Waals surface area contributed by atoms with E-state index in [1.165, 1.54) is 76.2 Å². The lowest BCUT2D eigenvalue weighted by Crippen LogP contribution is -2.31. The summed E-state index contributed by atoms with van der Waals surface area (Å²) in [4.78, 5) is 23.7. The number of hydrogen-bond donors (Lipinski definition) is 2. The third-order valence-electron chi connectivity index (χ3n) is 9.38. The van der Waals surface area contributed by atoms with E-state index < -0.39 is 31.3 Å². The maximum absolute atomic E-state index is 11.8. The van der Waals surface area contributed by atoms with E-state index in [1.807, 2.05) is 12.1 Å². The van der Waals surface area contributed by atoms with Crippen LogP contribution < -0.4 is 4.74 Å². The molecule has 2 aliphatic carbocycles. The Balaban J connectivity index is 1.33. The van der Waals surface area contributed by atoms with Gasteiger partial charge in [-0.3, -0.25) is 0 Å². The first-order chi connectivity index (χ1) is 21.3. The summed E-state index contributed by atoms with van der Waals surface area (Å²) in [6.07, 6.45) is 15.8. The first kappa shape index (κ1) is 35.8. The van der Waals surface area contributed by atoms with Crippen LogP contribution in [0.15, 0.2) is 48.6 Å². The molecule has 44 heavy (non-hydrogen) atoms. The number of ether oxygens (including phenoxy) is 4. The number of carbonyl (C=O) groups excluding carboxylic acids is 2. The zero-order valence-corrected chi connectivity index (χ0v) is 26.7. The first-order valence-electron chi connectivity index (χ1n) is 16.6. The van der Waals surface area contributed by atoms with Crippen LogP contribution in [0.3, 0.4) is 0 Å². The third kappa shape index (κ3) is 12.4. The topological polar surface area (TPSA) is 112 Å². The largest absolute Gasteiger partial charge is 0.491 e. The van der Waals surface area contributed by atoms with Crippen molar-refractivity contribution in [1.29, 1.82) is 0 Å². The molecule has 8 heteroatoms. The van der Waals surface area contributed by atoms with Crippen molar-refractivity contribution in [3.05, 3.63) is 54.1 Å². The van der Waals surface area contributed by atoms with E-state index >= 15 is 0 Å². The molecule has 3 rings (SSSR count). The van der Waals surface area contributed by atoms with Gasteiger partial charge in [0.1, 0.15) is 31.7 Å². The molecule has 0 amide bonds. The molecular weight excluding hydrogens is 560 g/mol. The first-order valence-corrected chi connectivity index (χ1v) is 16.6. The van der Waals surface area contributed by atoms with E-state index in [0.717, 1.165) is 35.8 Å². The molecule has 0 saturated heterocycles. The van der Waals surface area contributed by atoms with Gasteiger partial charge in [0.25, 0.3) is 0 Å². The van der Waals surface area contributed by atoms with Crippen molar-refractivity contribution in [2.45, 2.75) is 90.1 Å². The minimum Gasteiger partial charge on any atom is -0.491 e. The number of aryl methyl sites for hydroxylation is 1. The Hall–Kier alpha value is -2.68. The van der Waals surface area contributed by atoms with Gasteiger partial charge in [-0.1, -0.05) is 70.7 Å². The van der Waals surface area contributed by atoms with Gasteiger partial charge in [0.2, 0.25) is 0 Å². The average Bonchev–Trinajstić information content (AvgIpc) is 3.06. The highest BCUT2D eigenvalue weighted by atomic mass is 16.6. The van der Waals surface area contributed by atoms with E-state index in [2.05, 4.69) is 32.2 Å². The fourth-order valence-electron chi connectivity index (χ4n) is 6.62. The van der Waals surface area contributed by atoms with Gasteiger partial charge in [-0.25, -0.2) is 9.59 Å². The maximum Gasteiger partial charge on any atom is 0.335 e. The number of rotatable bonds is 19. The quantitative estimate of drug-likeness (QED) is 0.111. The molecular formula is C36H54O8. The maximum atomic E-state index is 11.8. The predicted octanol–water partition coefficient (Wildman–Crippen LogP) is 5.98. The third-order valence-corrected chi connectivity index (χ3v) is 9.38. The molecule has 0 atom stereocenters. The summed E-state index contributed by atoms with van der Waals surface area (Å²) in [5, 5.41) is 18.1. The van der Waals surface area contributed by atoms with Gasteiger partial charge in [-0.05, 0) is 79.9 Å². The van der Waals surface area contributed by atoms with Gasteiger partial charge < -0.3 is 29.2 Å². The van der Waals surface area contributed by atoms with Crippen LogP contribution in [0.25, 0.3) is 0 Å². The van der Waals surface area contributed by atoms with Crippen LogP contribution in [0.2, 0.25) is 0 Å². The van der Waals surface area contributed by atoms with Gasteiger partial charge in [-0.15, -0.1) is 0 Å². The van der Waals surface area contributed by atoms with E-state index in [1.54, 1.807) is 0 Å². The summed E-state index contributed by atoms with van der Waals surface area (Å²) in [7, 11) is 0. The van der Waals surface area contributed by atoms with Crippen molar-refractivity contribution in [1.82, 2.24) is 0 Å². The number of esters is 2. The Morgan fingerprint density at radius 1 is 0.773 bits per heavy atom. The monoisotopic (exact) mass is 614 g/mol. The molecule has 0 radical (unpaired) electrons. The Morgan fingerprint density at radius 3 is 1.75 bits per heavy atom. The lowest BCUT2D eigenvalue weighted by molar-refractivity contribution is -0.151. The highest BCUT2D eigenvalue weighted by Crippen LogP contribution is 2.43. The second kappa shape index (κ2) is 19.7. The summed E-state index contributed by atoms with van der Waals surface area (Å²) in [6.45, 7) is 8.09. The van der Waals surface area contributed by atoms with Crippen molar-refractivity contribution in [3.63, 3.8) is 0 Å². The molecule has 0 bridgehead atoms. The number of benzene rings is 1. The number of hydrogen-bond acceptors (Lipinski definition) is 8. The van der Waals surface area contributed by atoms with Gasteiger partial charge in [-0.2, -0.15) is 0 Å². The van der Waals surface area contributed by atoms with Gasteiger partial charge >= 0.3 is 11.9 Å². The van der Waals surface area contributed by atoms with Gasteiger partial charge in [0.15, 0.2) is 0 Å². The van der Waals surface area contributed by atoms with Gasteiger partial charge in [0.05, 0.1) is 31.0 Å². The van der Waals surface area contributed by atoms with E-state index in [9.17, 15) is 9.59 Å². The normalized spacial score (nSPS) is 21.9. The second-order valence-electron chi connectivity index (χ2n) is 12.6. The molecule has 2 saturated carbocycles. The van der Waals surface area contributed by atoms with Crippen LogP contribution >= 0.6 is 0 Å². The Kier molecular flexibility index (Phi) is 16.0. The Labute approximate surface area is 263 Å². The van der Waals surface area contributed by atoms with Crippen LogP contribution in [0.4, 0.5) is 0 Å². The molecule has 0 aromatic heterocycles. The van der Waals surface area contributed by atoms with Gasteiger partial charge in [0, 0.05) is 0 Å². The lowest BCUT2D eigenvalue weighted by Gasteiger charge is -2.38. The van der Waals surface area contributed by atoms with Crippen molar-refractivity contribution < 1.29 is 38.7 Å². The molecule has 2 aliphatic rings. The minimum atomic E-state index is -0.775. The Bertz CT molecular complexity index is 987. The van der Waals surface area contributed by atoms with Crippen LogP contribution in [-0.4, -0.2) is 67.9 Å². The summed E-state index contributed by atoms with van der Waals surface area (Å²) in [6, 6.07) is 8.20. The predicted molar refractivity (Wildman–Crippen MR) is 170 cm³/mol. The second-order valence-corrected chi connectivity index (χ2v) is 12.6. The highest BCUT2D eigenvalue weighted by molar-refractivity contribution is 5.88. The summed E-state index contributed by atoms with van der Waals surface area (Å²) < 4.78 is 21.7. The minimum absolute atomic E-state index is 0.0939. The summed E-state index contributed by atoms with van der Waals surface area (Å²) in [5.41, 5.74) is 1.13. The molecule has 246 valence electrons. The van der Waals surface area contributed by atoms with Crippen LogP contribution in [0.1, 0.15) is 83.1 Å². The SMILES string of the molecule is C=C(CO)C(=O)OCC(COC(=O)C(=C)CO)OCCOc1ccc(CCC2CCC(C3CCC(CCC)CC3)CC2)cc1. The van der Waals surface area contributed by atoms with Crippen molar-refractivity contribution in [3.8, 4) is 5.75 Å². The van der Waals surface area contributed by atoms with Crippen molar-refractivity contribution in [2.75, 3.05) is 39.6 Å². The van der Waals surface area contributed by atoms with Crippen LogP contribution in [0, 0.1) is 23.7 Å². The lowest BCUT2D eigenvalue weighted by atomic mass is 9.68. The molecule has 0 aliphatic heterocycles.